The van der Waals surface area contributed by atoms with E-state index in [1.807, 2.05) is 92.6 Å². The summed E-state index contributed by atoms with van der Waals surface area (Å²) in [5.74, 6) is 1.06. The number of hydrogen-bond donors (Lipinski definition) is 6. The molecule has 0 fully saturated rings. The van der Waals surface area contributed by atoms with Gasteiger partial charge in [0, 0.05) is 63.6 Å². The smallest absolute Gasteiger partial charge is 0.408 e. The Bertz CT molecular complexity index is 2130. The zero-order valence-corrected chi connectivity index (χ0v) is 46.7. The molecule has 1 aromatic heterocycles. The predicted molar refractivity (Wildman–Crippen MR) is 279 cm³/mol. The van der Waals surface area contributed by atoms with Crippen LogP contribution in [0.2, 0.25) is 0 Å². The Balaban J connectivity index is 0.000000888. The maximum absolute atomic E-state index is 11.4. The maximum Gasteiger partial charge on any atom is 0.408 e. The van der Waals surface area contributed by atoms with E-state index < -0.39 is 48.1 Å². The first-order valence-corrected chi connectivity index (χ1v) is 26.0. The highest BCUT2D eigenvalue weighted by Crippen LogP contribution is 2.33. The molecule has 0 radical (unpaired) electrons. The number of azo groups is 2. The van der Waals surface area contributed by atoms with Gasteiger partial charge in [-0.05, 0) is 116 Å². The first-order chi connectivity index (χ1) is 33.5. The Morgan fingerprint density at radius 2 is 1.01 bits per heavy atom. The lowest BCUT2D eigenvalue weighted by Gasteiger charge is -2.19. The summed E-state index contributed by atoms with van der Waals surface area (Å²) in [6, 6.07) is 9.96. The van der Waals surface area contributed by atoms with E-state index in [9.17, 15) is 28.5 Å². The standard InChI is InChI=1S/C13H18O2.C10H17N3O2.C9H16N4O2.C8H14N4O2.C8H18NO4P/c1-13(2,3)15-12(14)10-9-11-7-5-4-6-8-11;1-10(2,3)15-9(14)12-5-4-8-6-11-7-13-8;1-9(2,3)15-8(14)10-5-4-7-11-6-12-13-7;1-8(2,3)14-7(13)9-4-6-10-5-11-12-6;1-8(2,3)13-7(10)9-5-6-14(4,11)12/h4-8H,9-10H2,1-3H3;6-7H,4-5H2,1-3H3,(H,11,13)(H,12,14);4-6H2,1-3H3,(H,10,14);4-5H2,1-3H3,(H,9,13);5-6H2,1-4H3,(H,9,10)(H,11,12). The number of rotatable bonds is 14. The van der Waals surface area contributed by atoms with E-state index in [2.05, 4.69) is 61.7 Å². The number of amides is 4. The summed E-state index contributed by atoms with van der Waals surface area (Å²) in [7, 11) is -3.04. The first-order valence-electron chi connectivity index (χ1n) is 23.7. The highest BCUT2D eigenvalue weighted by atomic mass is 31.2. The zero-order chi connectivity index (χ0) is 55.9. The quantitative estimate of drug-likeness (QED) is 0.0585. The van der Waals surface area contributed by atoms with Crippen LogP contribution >= 0.6 is 7.37 Å². The van der Waals surface area contributed by atoms with Crippen molar-refractivity contribution >= 4 is 49.4 Å². The van der Waals surface area contributed by atoms with Crippen LogP contribution in [0.1, 0.15) is 128 Å². The van der Waals surface area contributed by atoms with Gasteiger partial charge in [0.2, 0.25) is 0 Å². The van der Waals surface area contributed by atoms with Crippen molar-refractivity contribution in [1.29, 1.82) is 0 Å². The average Bonchev–Trinajstić information content (AvgIpc) is 4.03. The SMILES string of the molecule is CC(C)(C)OC(=O)CCc1ccccc1.CC(C)(C)OC(=O)NCC1=NCN=N1.CC(C)(C)OC(=O)NCCC1=NCN=N1.CC(C)(C)OC(=O)NCCP(C)(=O)O.CC(C)(C)OC(=O)NCCc1cnc[nH]1. The number of benzene rings is 1. The number of hydrogen-bond acceptors (Lipinski definition) is 18. The minimum absolute atomic E-state index is 0.0617. The number of alkyl carbamates (subject to hydrolysis) is 4. The Morgan fingerprint density at radius 1 is 0.589 bits per heavy atom. The van der Waals surface area contributed by atoms with Gasteiger partial charge in [0.05, 0.1) is 12.9 Å². The lowest BCUT2D eigenvalue weighted by Crippen LogP contribution is -2.34. The van der Waals surface area contributed by atoms with Crippen LogP contribution < -0.4 is 21.3 Å². The number of H-pyrrole nitrogens is 1. The largest absolute Gasteiger partial charge is 0.460 e. The van der Waals surface area contributed by atoms with Crippen molar-refractivity contribution in [3.63, 3.8) is 0 Å². The summed E-state index contributed by atoms with van der Waals surface area (Å²) in [4.78, 5) is 79.7. The minimum Gasteiger partial charge on any atom is -0.460 e. The van der Waals surface area contributed by atoms with E-state index in [1.54, 1.807) is 54.1 Å². The normalized spacial score (nSPS) is 13.6. The number of carbonyl (C=O) groups is 5. The summed E-state index contributed by atoms with van der Waals surface area (Å²) < 4.78 is 36.2. The Hall–Kier alpha value is -6.29. The molecule has 1 unspecified atom stereocenters. The predicted octanol–water partition coefficient (Wildman–Crippen LogP) is 8.91. The Kier molecular flexibility index (Phi) is 29.9. The van der Waals surface area contributed by atoms with Crippen molar-refractivity contribution in [3.8, 4) is 0 Å². The van der Waals surface area contributed by atoms with Crippen LogP contribution in [0.15, 0.2) is 73.3 Å². The molecule has 4 amide bonds. The van der Waals surface area contributed by atoms with E-state index in [0.717, 1.165) is 18.5 Å². The molecule has 0 saturated carbocycles. The van der Waals surface area contributed by atoms with Crippen LogP contribution in [-0.2, 0) is 45.9 Å². The molecule has 2 aliphatic rings. The minimum atomic E-state index is -3.04. The van der Waals surface area contributed by atoms with Gasteiger partial charge >= 0.3 is 30.3 Å². The number of aliphatic imine (C=N–C) groups is 2. The maximum atomic E-state index is 11.4. The number of esters is 1. The summed E-state index contributed by atoms with van der Waals surface area (Å²) in [6.45, 7) is 30.7. The highest BCUT2D eigenvalue weighted by Gasteiger charge is 2.20. The van der Waals surface area contributed by atoms with E-state index in [0.29, 0.717) is 50.9 Å². The van der Waals surface area contributed by atoms with Crippen molar-refractivity contribution in [3.05, 3.63) is 54.1 Å². The molecule has 1 atom stereocenters. The fraction of sp³-hybridized carbons (Fsp3) is 0.667. The number of aryl methyl sites for hydroxylation is 1. The van der Waals surface area contributed by atoms with E-state index in [4.69, 9.17) is 28.6 Å². The van der Waals surface area contributed by atoms with Crippen molar-refractivity contribution in [2.75, 3.05) is 52.3 Å². The molecular weight excluding hydrogens is 968 g/mol. The number of imidazole rings is 1. The fourth-order valence-corrected chi connectivity index (χ4v) is 5.32. The first kappa shape index (κ1) is 66.7. The molecule has 24 nitrogen and oxygen atoms in total. The Labute approximate surface area is 431 Å². The van der Waals surface area contributed by atoms with Crippen molar-refractivity contribution in [2.24, 2.45) is 30.4 Å². The third-order valence-electron chi connectivity index (χ3n) is 7.50. The molecule has 0 aliphatic carbocycles. The summed E-state index contributed by atoms with van der Waals surface area (Å²) in [5, 5.41) is 25.1. The second-order valence-corrected chi connectivity index (χ2v) is 23.5. The highest BCUT2D eigenvalue weighted by molar-refractivity contribution is 7.57. The van der Waals surface area contributed by atoms with Gasteiger partial charge < -0.3 is 54.8 Å². The molecule has 4 rings (SSSR count). The topological polar surface area (TPSA) is 320 Å². The number of nitrogens with one attached hydrogen (secondary N) is 5. The molecule has 25 heteroatoms. The molecule has 2 aromatic rings. The van der Waals surface area contributed by atoms with Crippen molar-refractivity contribution < 1.29 is 57.1 Å². The van der Waals surface area contributed by atoms with Crippen LogP contribution in [0.5, 0.6) is 0 Å². The number of aromatic amines is 1. The summed E-state index contributed by atoms with van der Waals surface area (Å²) in [5.41, 5.74) is -0.155. The second kappa shape index (κ2) is 32.7. The van der Waals surface area contributed by atoms with Gasteiger partial charge in [-0.2, -0.15) is 10.2 Å². The average molecular weight is 1050 g/mol. The van der Waals surface area contributed by atoms with Gasteiger partial charge in [0.15, 0.2) is 26.5 Å². The van der Waals surface area contributed by atoms with Crippen LogP contribution in [0.3, 0.4) is 0 Å². The molecule has 412 valence electrons. The van der Waals surface area contributed by atoms with Gasteiger partial charge in [-0.1, -0.05) is 30.3 Å². The van der Waals surface area contributed by atoms with Crippen LogP contribution in [-0.4, -0.2) is 137 Å². The molecule has 6 N–H and O–H groups in total. The van der Waals surface area contributed by atoms with Crippen molar-refractivity contribution in [1.82, 2.24) is 31.2 Å². The third-order valence-corrected chi connectivity index (χ3v) is 8.56. The lowest BCUT2D eigenvalue weighted by molar-refractivity contribution is -0.154. The van der Waals surface area contributed by atoms with Crippen molar-refractivity contribution in [2.45, 2.75) is 158 Å². The van der Waals surface area contributed by atoms with Gasteiger partial charge in [0.25, 0.3) is 0 Å². The van der Waals surface area contributed by atoms with Gasteiger partial charge in [-0.3, -0.25) is 9.36 Å². The van der Waals surface area contributed by atoms with E-state index in [-0.39, 0.29) is 36.9 Å². The third kappa shape index (κ3) is 45.3. The molecule has 2 aliphatic heterocycles. The number of nitrogens with zero attached hydrogens (tertiary/aromatic N) is 7. The van der Waals surface area contributed by atoms with Gasteiger partial charge in [-0.25, -0.2) is 34.1 Å². The second-order valence-electron chi connectivity index (χ2n) is 21.0. The zero-order valence-electron chi connectivity index (χ0n) is 45.8. The fourth-order valence-electron chi connectivity index (χ4n) is 4.79. The number of amidine groups is 2. The van der Waals surface area contributed by atoms with E-state index in [1.165, 1.54) is 12.2 Å². The Morgan fingerprint density at radius 3 is 1.41 bits per heavy atom. The van der Waals surface area contributed by atoms with E-state index >= 15 is 0 Å². The van der Waals surface area contributed by atoms with Crippen LogP contribution in [0.25, 0.3) is 0 Å². The van der Waals surface area contributed by atoms with Crippen LogP contribution in [0, 0.1) is 0 Å². The van der Waals surface area contributed by atoms with Crippen LogP contribution in [0.4, 0.5) is 19.2 Å². The summed E-state index contributed by atoms with van der Waals surface area (Å²) in [6.07, 6.45) is 4.07. The molecule has 0 spiro atoms. The molecule has 73 heavy (non-hydrogen) atoms. The molecule has 1 aromatic carbocycles. The number of aromatic nitrogens is 2. The summed E-state index contributed by atoms with van der Waals surface area (Å²) >= 11 is 0. The van der Waals surface area contributed by atoms with Gasteiger partial charge in [0.1, 0.15) is 33.8 Å². The van der Waals surface area contributed by atoms with Gasteiger partial charge in [-0.15, -0.1) is 10.2 Å². The molecular formula is C48H83N12O12P. The monoisotopic (exact) mass is 1050 g/mol. The molecule has 3 heterocycles. The number of carbonyl (C=O) groups excluding carboxylic acids is 5. The lowest BCUT2D eigenvalue weighted by atomic mass is 10.1. The number of ether oxygens (including phenoxy) is 5. The molecule has 0 saturated heterocycles. The molecule has 0 bridgehead atoms.